The van der Waals surface area contributed by atoms with Crippen molar-refractivity contribution in [3.63, 3.8) is 0 Å². The Kier molecular flexibility index (Phi) is 4.18. The van der Waals surface area contributed by atoms with Gasteiger partial charge in [-0.15, -0.1) is 11.3 Å². The molecule has 2 aliphatic heterocycles. The van der Waals surface area contributed by atoms with E-state index in [9.17, 15) is 18.8 Å². The number of benzene rings is 2. The van der Waals surface area contributed by atoms with Gasteiger partial charge >= 0.3 is 6.03 Å². The van der Waals surface area contributed by atoms with E-state index < -0.39 is 23.3 Å². The zero-order valence-corrected chi connectivity index (χ0v) is 16.5. The highest BCUT2D eigenvalue weighted by atomic mass is 32.1. The van der Waals surface area contributed by atoms with Crippen LogP contribution in [0.1, 0.15) is 20.8 Å². The Balaban J connectivity index is 1.51. The Bertz CT molecular complexity index is 1190. The lowest BCUT2D eigenvalue weighted by Gasteiger charge is -2.30. The fourth-order valence-electron chi connectivity index (χ4n) is 3.93. The Morgan fingerprint density at radius 3 is 2.57 bits per heavy atom. The van der Waals surface area contributed by atoms with Gasteiger partial charge in [-0.3, -0.25) is 14.9 Å². The lowest BCUT2D eigenvalue weighted by atomic mass is 9.96. The zero-order valence-electron chi connectivity index (χ0n) is 15.6. The van der Waals surface area contributed by atoms with Crippen LogP contribution in [0.2, 0.25) is 0 Å². The first-order valence-corrected chi connectivity index (χ1v) is 10.1. The van der Waals surface area contributed by atoms with Crippen molar-refractivity contribution in [3.8, 4) is 10.4 Å². The first-order chi connectivity index (χ1) is 14.5. The van der Waals surface area contributed by atoms with Gasteiger partial charge in [-0.25, -0.2) is 9.18 Å². The molecule has 2 aliphatic rings. The number of halogens is 1. The third kappa shape index (κ3) is 2.88. The molecule has 1 saturated heterocycles. The van der Waals surface area contributed by atoms with Crippen LogP contribution in [-0.4, -0.2) is 29.3 Å². The summed E-state index contributed by atoms with van der Waals surface area (Å²) in [6, 6.07) is 16.9. The molecule has 3 aromatic rings. The van der Waals surface area contributed by atoms with Crippen LogP contribution in [0.25, 0.3) is 10.4 Å². The summed E-state index contributed by atoms with van der Waals surface area (Å²) in [6.07, 6.45) is 0. The van der Waals surface area contributed by atoms with E-state index in [4.69, 9.17) is 0 Å². The number of hydrogen-bond acceptors (Lipinski definition) is 4. The van der Waals surface area contributed by atoms with E-state index in [1.165, 1.54) is 28.4 Å². The lowest BCUT2D eigenvalue weighted by Crippen LogP contribution is -2.52. The largest absolute Gasteiger partial charge is 0.331 e. The third-order valence-electron chi connectivity index (χ3n) is 5.41. The Morgan fingerprint density at radius 2 is 1.83 bits per heavy atom. The topological polar surface area (TPSA) is 78.5 Å². The highest BCUT2D eigenvalue weighted by Gasteiger charge is 2.51. The Hall–Kier alpha value is -3.52. The lowest BCUT2D eigenvalue weighted by molar-refractivity contribution is -0.124. The van der Waals surface area contributed by atoms with E-state index in [2.05, 4.69) is 10.6 Å². The predicted molar refractivity (Wildman–Crippen MR) is 109 cm³/mol. The quantitative estimate of drug-likeness (QED) is 0.635. The number of nitrogens with one attached hydrogen (secondary N) is 2. The van der Waals surface area contributed by atoms with Gasteiger partial charge in [0.25, 0.3) is 11.8 Å². The number of fused-ring (bicyclic) bond motifs is 1. The van der Waals surface area contributed by atoms with Crippen LogP contribution in [0, 0.1) is 5.82 Å². The first kappa shape index (κ1) is 18.5. The number of carbonyl (C=O) groups excluding carboxylic acids is 3. The summed E-state index contributed by atoms with van der Waals surface area (Å²) in [7, 11) is 0. The molecule has 4 amide bonds. The van der Waals surface area contributed by atoms with E-state index >= 15 is 0 Å². The van der Waals surface area contributed by atoms with E-state index in [0.29, 0.717) is 10.4 Å². The van der Waals surface area contributed by atoms with Gasteiger partial charge in [0.2, 0.25) is 0 Å². The maximum Gasteiger partial charge on any atom is 0.322 e. The van der Waals surface area contributed by atoms with Crippen molar-refractivity contribution in [2.24, 2.45) is 0 Å². The number of carbonyl (C=O) groups is 3. The van der Waals surface area contributed by atoms with Crippen LogP contribution in [0.5, 0.6) is 0 Å². The van der Waals surface area contributed by atoms with Crippen molar-refractivity contribution < 1.29 is 18.8 Å². The molecule has 0 unspecified atom stereocenters. The summed E-state index contributed by atoms with van der Waals surface area (Å²) in [4.78, 5) is 40.8. The van der Waals surface area contributed by atoms with Gasteiger partial charge < -0.3 is 10.2 Å². The molecular weight excluding hydrogens is 405 g/mol. The molecule has 150 valence electrons. The molecule has 1 atom stereocenters. The third-order valence-corrected chi connectivity index (χ3v) is 6.70. The number of urea groups is 1. The number of thiophene rings is 1. The SMILES string of the molecule is O=C1NC(=O)[C@@](CN2Cc3ccc(F)cc3C2=O)(c2ccc(-c3ccccc3)s2)N1. The summed E-state index contributed by atoms with van der Waals surface area (Å²) in [6.45, 7) is 0.199. The molecule has 3 heterocycles. The molecule has 0 saturated carbocycles. The summed E-state index contributed by atoms with van der Waals surface area (Å²) in [5.74, 6) is -1.36. The van der Waals surface area contributed by atoms with Gasteiger partial charge in [0.1, 0.15) is 5.82 Å². The van der Waals surface area contributed by atoms with E-state index in [1.807, 2.05) is 36.4 Å². The van der Waals surface area contributed by atoms with Gasteiger partial charge in [0.15, 0.2) is 5.54 Å². The average molecular weight is 421 g/mol. The minimum absolute atomic E-state index is 0.0472. The molecule has 0 radical (unpaired) electrons. The number of hydrogen-bond donors (Lipinski definition) is 2. The maximum atomic E-state index is 13.6. The minimum Gasteiger partial charge on any atom is -0.331 e. The van der Waals surface area contributed by atoms with Crippen molar-refractivity contribution in [1.29, 1.82) is 0 Å². The fourth-order valence-corrected chi connectivity index (χ4v) is 5.07. The molecule has 2 N–H and O–H groups in total. The molecule has 1 aromatic heterocycles. The highest BCUT2D eigenvalue weighted by molar-refractivity contribution is 7.15. The van der Waals surface area contributed by atoms with Crippen LogP contribution in [0.3, 0.4) is 0 Å². The minimum atomic E-state index is -1.40. The van der Waals surface area contributed by atoms with Crippen LogP contribution in [0.4, 0.5) is 9.18 Å². The second-order valence-electron chi connectivity index (χ2n) is 7.31. The summed E-state index contributed by atoms with van der Waals surface area (Å²) in [5.41, 5.74) is 0.572. The molecule has 1 fully saturated rings. The number of nitrogens with zero attached hydrogens (tertiary/aromatic N) is 1. The van der Waals surface area contributed by atoms with Crippen molar-refractivity contribution in [2.45, 2.75) is 12.1 Å². The van der Waals surface area contributed by atoms with Crippen LogP contribution in [0.15, 0.2) is 60.7 Å². The van der Waals surface area contributed by atoms with Crippen molar-refractivity contribution >= 4 is 29.2 Å². The van der Waals surface area contributed by atoms with Gasteiger partial charge in [-0.05, 0) is 35.4 Å². The molecule has 30 heavy (non-hydrogen) atoms. The van der Waals surface area contributed by atoms with Gasteiger partial charge in [-0.2, -0.15) is 0 Å². The summed E-state index contributed by atoms with van der Waals surface area (Å²) >= 11 is 1.39. The number of imide groups is 1. The van der Waals surface area contributed by atoms with Crippen LogP contribution < -0.4 is 10.6 Å². The molecule has 0 bridgehead atoms. The molecular formula is C22H16FN3O3S. The molecule has 2 aromatic carbocycles. The molecule has 0 aliphatic carbocycles. The molecule has 6 nitrogen and oxygen atoms in total. The van der Waals surface area contributed by atoms with E-state index in [1.54, 1.807) is 12.1 Å². The van der Waals surface area contributed by atoms with Gasteiger partial charge in [-0.1, -0.05) is 36.4 Å². The van der Waals surface area contributed by atoms with E-state index in [-0.39, 0.29) is 24.6 Å². The summed E-state index contributed by atoms with van der Waals surface area (Å²) in [5, 5.41) is 5.02. The second-order valence-corrected chi connectivity index (χ2v) is 8.39. The van der Waals surface area contributed by atoms with Crippen molar-refractivity contribution in [1.82, 2.24) is 15.5 Å². The van der Waals surface area contributed by atoms with Crippen molar-refractivity contribution in [2.75, 3.05) is 6.54 Å². The Morgan fingerprint density at radius 1 is 1.03 bits per heavy atom. The first-order valence-electron chi connectivity index (χ1n) is 9.33. The normalized spacial score (nSPS) is 20.3. The molecule has 5 rings (SSSR count). The number of amides is 4. The van der Waals surface area contributed by atoms with Gasteiger partial charge in [0, 0.05) is 21.9 Å². The number of rotatable bonds is 4. The molecule has 8 heteroatoms. The highest BCUT2D eigenvalue weighted by Crippen LogP contribution is 2.38. The second kappa shape index (κ2) is 6.77. The zero-order chi connectivity index (χ0) is 20.9. The monoisotopic (exact) mass is 421 g/mol. The Labute approximate surface area is 175 Å². The average Bonchev–Trinajstić information content (AvgIpc) is 3.41. The van der Waals surface area contributed by atoms with Crippen LogP contribution >= 0.6 is 11.3 Å². The molecule has 0 spiro atoms. The van der Waals surface area contributed by atoms with E-state index in [0.717, 1.165) is 10.4 Å². The predicted octanol–water partition coefficient (Wildman–Crippen LogP) is 3.24. The summed E-state index contributed by atoms with van der Waals surface area (Å²) < 4.78 is 13.6. The fraction of sp³-hybridized carbons (Fsp3) is 0.136. The standard InChI is InChI=1S/C22H16FN3O3S/c23-15-7-6-14-11-26(19(27)16(14)10-15)12-22(20(28)24-21(29)25-22)18-9-8-17(30-18)13-4-2-1-3-5-13/h1-10H,11-12H2,(H2,24,25,28,29)/t22-/m1/s1. The maximum absolute atomic E-state index is 13.6. The van der Waals surface area contributed by atoms with Crippen molar-refractivity contribution in [3.05, 3.63) is 82.5 Å². The van der Waals surface area contributed by atoms with Crippen LogP contribution in [-0.2, 0) is 16.9 Å². The smallest absolute Gasteiger partial charge is 0.322 e. The van der Waals surface area contributed by atoms with Gasteiger partial charge in [0.05, 0.1) is 6.54 Å².